The highest BCUT2D eigenvalue weighted by Crippen LogP contribution is 2.46. The maximum Gasteiger partial charge on any atom is 0.118 e. The first-order valence-corrected chi connectivity index (χ1v) is 8.22. The zero-order chi connectivity index (χ0) is 13.5. The lowest BCUT2D eigenvalue weighted by Crippen LogP contribution is -2.47. The van der Waals surface area contributed by atoms with Gasteiger partial charge in [-0.05, 0) is 67.6 Å². The minimum Gasteiger partial charge on any atom is -0.497 e. The van der Waals surface area contributed by atoms with E-state index in [1.54, 1.807) is 7.11 Å². The lowest BCUT2D eigenvalue weighted by atomic mass is 9.75. The summed E-state index contributed by atoms with van der Waals surface area (Å²) in [5, 5.41) is 3.94. The fourth-order valence-electron chi connectivity index (χ4n) is 4.65. The van der Waals surface area contributed by atoms with E-state index in [0.29, 0.717) is 0 Å². The summed E-state index contributed by atoms with van der Waals surface area (Å²) in [5.41, 5.74) is 1.48. The van der Waals surface area contributed by atoms with E-state index in [1.807, 2.05) is 0 Å². The van der Waals surface area contributed by atoms with Gasteiger partial charge in [0.1, 0.15) is 5.75 Å². The van der Waals surface area contributed by atoms with E-state index >= 15 is 0 Å². The minimum absolute atomic E-state index is 0.761. The van der Waals surface area contributed by atoms with Crippen molar-refractivity contribution in [2.24, 2.45) is 11.8 Å². The molecule has 3 atom stereocenters. The first-order chi connectivity index (χ1) is 9.81. The van der Waals surface area contributed by atoms with E-state index in [1.165, 1.54) is 44.1 Å². The molecule has 3 unspecified atom stereocenters. The van der Waals surface area contributed by atoms with Crippen LogP contribution in [0, 0.1) is 11.8 Å². The number of fused-ring (bicyclic) bond motifs is 2. The summed E-state index contributed by atoms with van der Waals surface area (Å²) in [5.74, 6) is 3.77. The van der Waals surface area contributed by atoms with Crippen molar-refractivity contribution >= 4 is 0 Å². The number of ether oxygens (including phenoxy) is 1. The molecule has 0 saturated heterocycles. The van der Waals surface area contributed by atoms with Crippen LogP contribution in [0.4, 0.5) is 0 Å². The molecule has 108 valence electrons. The predicted molar refractivity (Wildman–Crippen MR) is 81.1 cm³/mol. The molecule has 0 heterocycles. The monoisotopic (exact) mass is 271 g/mol. The van der Waals surface area contributed by atoms with Crippen molar-refractivity contribution in [3.05, 3.63) is 29.8 Å². The van der Waals surface area contributed by atoms with E-state index in [-0.39, 0.29) is 0 Å². The lowest BCUT2D eigenvalue weighted by Gasteiger charge is -2.40. The predicted octanol–water partition coefficient (Wildman–Crippen LogP) is 3.72. The number of methoxy groups -OCH3 is 1. The van der Waals surface area contributed by atoms with E-state index in [4.69, 9.17) is 4.74 Å². The van der Waals surface area contributed by atoms with Gasteiger partial charge in [0.05, 0.1) is 7.11 Å². The molecule has 3 fully saturated rings. The van der Waals surface area contributed by atoms with Gasteiger partial charge in [0.25, 0.3) is 0 Å². The summed E-state index contributed by atoms with van der Waals surface area (Å²) in [6.45, 7) is 0. The summed E-state index contributed by atoms with van der Waals surface area (Å²) in [6, 6.07) is 10.3. The van der Waals surface area contributed by atoms with Gasteiger partial charge in [0, 0.05) is 12.1 Å². The van der Waals surface area contributed by atoms with Crippen LogP contribution in [0.1, 0.15) is 50.0 Å². The molecule has 4 rings (SSSR count). The van der Waals surface area contributed by atoms with Gasteiger partial charge in [-0.1, -0.05) is 18.6 Å². The lowest BCUT2D eigenvalue weighted by molar-refractivity contribution is 0.229. The van der Waals surface area contributed by atoms with Crippen molar-refractivity contribution in [2.45, 2.75) is 56.5 Å². The molecular weight excluding hydrogens is 246 g/mol. The second-order valence-corrected chi connectivity index (χ2v) is 7.09. The second kappa shape index (κ2) is 5.07. The minimum atomic E-state index is 0.761. The Morgan fingerprint density at radius 2 is 1.80 bits per heavy atom. The molecule has 3 saturated carbocycles. The fourth-order valence-corrected chi connectivity index (χ4v) is 4.65. The SMILES string of the molecule is COc1ccc(C2CC(NC3CC4CCC3C4)C2)cc1. The molecular formula is C18H25NO. The van der Waals surface area contributed by atoms with Crippen molar-refractivity contribution in [1.29, 1.82) is 0 Å². The van der Waals surface area contributed by atoms with Crippen molar-refractivity contribution in [3.63, 3.8) is 0 Å². The van der Waals surface area contributed by atoms with Gasteiger partial charge >= 0.3 is 0 Å². The zero-order valence-corrected chi connectivity index (χ0v) is 12.3. The van der Waals surface area contributed by atoms with Crippen molar-refractivity contribution in [3.8, 4) is 5.75 Å². The molecule has 1 aromatic carbocycles. The van der Waals surface area contributed by atoms with Gasteiger partial charge in [-0.3, -0.25) is 0 Å². The highest BCUT2D eigenvalue weighted by atomic mass is 16.5. The van der Waals surface area contributed by atoms with Crippen molar-refractivity contribution in [1.82, 2.24) is 5.32 Å². The number of rotatable bonds is 4. The topological polar surface area (TPSA) is 21.3 Å². The van der Waals surface area contributed by atoms with Crippen LogP contribution >= 0.6 is 0 Å². The Bertz CT molecular complexity index is 463. The van der Waals surface area contributed by atoms with Crippen LogP contribution < -0.4 is 10.1 Å². The Hall–Kier alpha value is -1.02. The van der Waals surface area contributed by atoms with Gasteiger partial charge in [-0.25, -0.2) is 0 Å². The maximum atomic E-state index is 5.23. The normalized spacial score (nSPS) is 38.8. The highest BCUT2D eigenvalue weighted by molar-refractivity contribution is 5.31. The van der Waals surface area contributed by atoms with Crippen molar-refractivity contribution in [2.75, 3.05) is 7.11 Å². The molecule has 0 radical (unpaired) electrons. The van der Waals surface area contributed by atoms with E-state index in [2.05, 4.69) is 29.6 Å². The first-order valence-electron chi connectivity index (χ1n) is 8.22. The smallest absolute Gasteiger partial charge is 0.118 e. The summed E-state index contributed by atoms with van der Waals surface area (Å²) >= 11 is 0. The number of benzene rings is 1. The van der Waals surface area contributed by atoms with Gasteiger partial charge < -0.3 is 10.1 Å². The Labute approximate surface area is 121 Å². The first kappa shape index (κ1) is 12.7. The third-order valence-electron chi connectivity index (χ3n) is 5.91. The van der Waals surface area contributed by atoms with Crippen LogP contribution in [0.5, 0.6) is 5.75 Å². The standard InChI is InChI=1S/C18H25NO/c1-20-17-6-4-13(5-7-17)15-10-16(11-15)19-18-9-12-2-3-14(18)8-12/h4-7,12,14-16,18-19H,2-3,8-11H2,1H3. The molecule has 1 aromatic rings. The van der Waals surface area contributed by atoms with Crippen LogP contribution in [0.25, 0.3) is 0 Å². The largest absolute Gasteiger partial charge is 0.497 e. The van der Waals surface area contributed by atoms with Gasteiger partial charge in [-0.2, -0.15) is 0 Å². The maximum absolute atomic E-state index is 5.23. The van der Waals surface area contributed by atoms with Crippen LogP contribution in [-0.4, -0.2) is 19.2 Å². The van der Waals surface area contributed by atoms with Crippen LogP contribution in [0.15, 0.2) is 24.3 Å². The zero-order valence-electron chi connectivity index (χ0n) is 12.3. The molecule has 0 aliphatic heterocycles. The molecule has 3 aliphatic carbocycles. The average Bonchev–Trinajstić information content (AvgIpc) is 3.05. The number of hydrogen-bond donors (Lipinski definition) is 1. The molecule has 3 aliphatic rings. The third kappa shape index (κ3) is 2.24. The molecule has 2 heteroatoms. The van der Waals surface area contributed by atoms with Crippen molar-refractivity contribution < 1.29 is 4.74 Å². The van der Waals surface area contributed by atoms with Crippen LogP contribution in [0.3, 0.4) is 0 Å². The molecule has 2 nitrogen and oxygen atoms in total. The number of nitrogens with one attached hydrogen (secondary N) is 1. The van der Waals surface area contributed by atoms with Crippen LogP contribution in [-0.2, 0) is 0 Å². The Kier molecular flexibility index (Phi) is 3.22. The quantitative estimate of drug-likeness (QED) is 0.901. The van der Waals surface area contributed by atoms with E-state index < -0.39 is 0 Å². The molecule has 0 amide bonds. The summed E-state index contributed by atoms with van der Waals surface area (Å²) in [4.78, 5) is 0. The summed E-state index contributed by atoms with van der Waals surface area (Å²) in [7, 11) is 1.73. The van der Waals surface area contributed by atoms with Gasteiger partial charge in [0.15, 0.2) is 0 Å². The van der Waals surface area contributed by atoms with Gasteiger partial charge in [0.2, 0.25) is 0 Å². The molecule has 1 N–H and O–H groups in total. The summed E-state index contributed by atoms with van der Waals surface area (Å²) < 4.78 is 5.23. The van der Waals surface area contributed by atoms with E-state index in [9.17, 15) is 0 Å². The van der Waals surface area contributed by atoms with E-state index in [0.717, 1.165) is 35.6 Å². The van der Waals surface area contributed by atoms with Crippen LogP contribution in [0.2, 0.25) is 0 Å². The fraction of sp³-hybridized carbons (Fsp3) is 0.667. The third-order valence-corrected chi connectivity index (χ3v) is 5.91. The Morgan fingerprint density at radius 1 is 1.00 bits per heavy atom. The molecule has 0 aromatic heterocycles. The Balaban J connectivity index is 1.29. The summed E-state index contributed by atoms with van der Waals surface area (Å²) in [6.07, 6.45) is 8.58. The highest BCUT2D eigenvalue weighted by Gasteiger charge is 2.41. The molecule has 20 heavy (non-hydrogen) atoms. The van der Waals surface area contributed by atoms with Gasteiger partial charge in [-0.15, -0.1) is 0 Å². The second-order valence-electron chi connectivity index (χ2n) is 7.09. The average molecular weight is 271 g/mol. The Morgan fingerprint density at radius 3 is 2.40 bits per heavy atom. The number of hydrogen-bond acceptors (Lipinski definition) is 2. The molecule has 0 spiro atoms. The molecule has 2 bridgehead atoms.